The molecule has 0 radical (unpaired) electrons. The van der Waals surface area contributed by atoms with Gasteiger partial charge < -0.3 is 14.4 Å². The number of methoxy groups -OCH3 is 2. The van der Waals surface area contributed by atoms with E-state index in [4.69, 9.17) is 21.1 Å². The fourth-order valence-electron chi connectivity index (χ4n) is 3.82. The summed E-state index contributed by atoms with van der Waals surface area (Å²) in [5.74, 6) is 0.812. The van der Waals surface area contributed by atoms with E-state index in [2.05, 4.69) is 5.10 Å². The predicted octanol–water partition coefficient (Wildman–Crippen LogP) is 2.80. The van der Waals surface area contributed by atoms with E-state index in [0.29, 0.717) is 30.0 Å². The SMILES string of the molecule is COc1cc(C(=O)N(C)Cc2c(C)nn([C@@H]3CCS(=O)(=O)C3)c2C)cc(Cl)c1OC. The minimum Gasteiger partial charge on any atom is -0.493 e. The Kier molecular flexibility index (Phi) is 6.33. The molecular weight excluding hydrogens is 430 g/mol. The van der Waals surface area contributed by atoms with Crippen LogP contribution in [0.2, 0.25) is 5.02 Å². The monoisotopic (exact) mass is 455 g/mol. The summed E-state index contributed by atoms with van der Waals surface area (Å²) >= 11 is 6.23. The third-order valence-electron chi connectivity index (χ3n) is 5.45. The van der Waals surface area contributed by atoms with Gasteiger partial charge in [0.2, 0.25) is 0 Å². The molecule has 0 spiro atoms. The molecule has 0 aliphatic carbocycles. The van der Waals surface area contributed by atoms with Gasteiger partial charge in [0, 0.05) is 30.4 Å². The number of rotatable bonds is 6. The van der Waals surface area contributed by atoms with Gasteiger partial charge in [0.15, 0.2) is 21.3 Å². The minimum atomic E-state index is -3.01. The Labute approximate surface area is 181 Å². The Morgan fingerprint density at radius 1 is 1.30 bits per heavy atom. The van der Waals surface area contributed by atoms with Gasteiger partial charge in [-0.25, -0.2) is 8.42 Å². The summed E-state index contributed by atoms with van der Waals surface area (Å²) in [5.41, 5.74) is 2.94. The van der Waals surface area contributed by atoms with Crippen molar-refractivity contribution in [3.8, 4) is 11.5 Å². The Morgan fingerprint density at radius 3 is 2.57 bits per heavy atom. The Hall–Kier alpha value is -2.26. The van der Waals surface area contributed by atoms with Crippen LogP contribution < -0.4 is 9.47 Å². The maximum Gasteiger partial charge on any atom is 0.254 e. The molecule has 1 amide bonds. The molecule has 2 heterocycles. The highest BCUT2D eigenvalue weighted by atomic mass is 35.5. The van der Waals surface area contributed by atoms with Crippen LogP contribution in [0.3, 0.4) is 0 Å². The summed E-state index contributed by atoms with van der Waals surface area (Å²) in [6, 6.07) is 2.98. The second-order valence-corrected chi connectivity index (χ2v) is 10.1. The van der Waals surface area contributed by atoms with E-state index in [1.54, 1.807) is 28.8 Å². The van der Waals surface area contributed by atoms with Gasteiger partial charge in [0.05, 0.1) is 42.5 Å². The maximum absolute atomic E-state index is 13.0. The molecule has 3 rings (SSSR count). The Balaban J connectivity index is 1.84. The summed E-state index contributed by atoms with van der Waals surface area (Å²) in [6.07, 6.45) is 0.558. The quantitative estimate of drug-likeness (QED) is 0.665. The molecule has 1 atom stereocenters. The van der Waals surface area contributed by atoms with Crippen molar-refractivity contribution in [2.45, 2.75) is 32.9 Å². The van der Waals surface area contributed by atoms with Crippen LogP contribution in [0.25, 0.3) is 0 Å². The molecule has 1 aliphatic heterocycles. The van der Waals surface area contributed by atoms with E-state index >= 15 is 0 Å². The molecule has 10 heteroatoms. The Bertz CT molecular complexity index is 1080. The number of halogens is 1. The normalized spacial score (nSPS) is 17.7. The fourth-order valence-corrected chi connectivity index (χ4v) is 5.80. The van der Waals surface area contributed by atoms with Crippen molar-refractivity contribution in [2.75, 3.05) is 32.8 Å². The molecular formula is C20H26ClN3O5S. The first-order valence-corrected chi connectivity index (χ1v) is 11.7. The van der Waals surface area contributed by atoms with Crippen LogP contribution in [0.5, 0.6) is 11.5 Å². The molecule has 0 saturated carbocycles. The second-order valence-electron chi connectivity index (χ2n) is 7.51. The van der Waals surface area contributed by atoms with E-state index in [1.807, 2.05) is 13.8 Å². The van der Waals surface area contributed by atoms with Gasteiger partial charge in [-0.2, -0.15) is 5.10 Å². The molecule has 1 saturated heterocycles. The number of hydrogen-bond donors (Lipinski definition) is 0. The zero-order chi connectivity index (χ0) is 22.2. The zero-order valence-electron chi connectivity index (χ0n) is 17.7. The van der Waals surface area contributed by atoms with E-state index in [-0.39, 0.29) is 28.5 Å². The van der Waals surface area contributed by atoms with Crippen LogP contribution in [0, 0.1) is 13.8 Å². The predicted molar refractivity (Wildman–Crippen MR) is 114 cm³/mol. The number of aryl methyl sites for hydroxylation is 1. The van der Waals surface area contributed by atoms with Crippen molar-refractivity contribution in [1.82, 2.24) is 14.7 Å². The van der Waals surface area contributed by atoms with Gasteiger partial charge in [-0.3, -0.25) is 9.48 Å². The topological polar surface area (TPSA) is 90.7 Å². The smallest absolute Gasteiger partial charge is 0.254 e. The van der Waals surface area contributed by atoms with E-state index in [9.17, 15) is 13.2 Å². The summed E-state index contributed by atoms with van der Waals surface area (Å²) < 4.78 is 36.0. The highest BCUT2D eigenvalue weighted by Gasteiger charge is 2.31. The molecule has 8 nitrogen and oxygen atoms in total. The molecule has 1 aromatic heterocycles. The van der Waals surface area contributed by atoms with Gasteiger partial charge >= 0.3 is 0 Å². The van der Waals surface area contributed by atoms with E-state index < -0.39 is 9.84 Å². The number of carbonyl (C=O) groups is 1. The van der Waals surface area contributed by atoms with Crippen molar-refractivity contribution in [1.29, 1.82) is 0 Å². The average molecular weight is 456 g/mol. The summed E-state index contributed by atoms with van der Waals surface area (Å²) in [6.45, 7) is 4.11. The van der Waals surface area contributed by atoms with Crippen LogP contribution in [0.4, 0.5) is 0 Å². The highest BCUT2D eigenvalue weighted by Crippen LogP contribution is 2.36. The number of hydrogen-bond acceptors (Lipinski definition) is 6. The lowest BCUT2D eigenvalue weighted by Crippen LogP contribution is -2.27. The second kappa shape index (κ2) is 8.47. The lowest BCUT2D eigenvalue weighted by atomic mass is 10.1. The summed E-state index contributed by atoms with van der Waals surface area (Å²) in [4.78, 5) is 14.6. The van der Waals surface area contributed by atoms with Crippen LogP contribution in [0.1, 0.15) is 39.8 Å². The van der Waals surface area contributed by atoms with Gasteiger partial charge in [0.25, 0.3) is 5.91 Å². The molecule has 0 bridgehead atoms. The number of sulfone groups is 1. The van der Waals surface area contributed by atoms with Crippen LogP contribution >= 0.6 is 11.6 Å². The van der Waals surface area contributed by atoms with Crippen LogP contribution in [-0.4, -0.2) is 61.8 Å². The van der Waals surface area contributed by atoms with Crippen LogP contribution in [0.15, 0.2) is 12.1 Å². The lowest BCUT2D eigenvalue weighted by molar-refractivity contribution is 0.0784. The maximum atomic E-state index is 13.0. The molecule has 0 unspecified atom stereocenters. The molecule has 164 valence electrons. The van der Waals surface area contributed by atoms with Gasteiger partial charge in [0.1, 0.15) is 0 Å². The lowest BCUT2D eigenvalue weighted by Gasteiger charge is -2.19. The third kappa shape index (κ3) is 4.27. The molecule has 1 aromatic carbocycles. The minimum absolute atomic E-state index is 0.104. The van der Waals surface area contributed by atoms with Crippen molar-refractivity contribution < 1.29 is 22.7 Å². The highest BCUT2D eigenvalue weighted by molar-refractivity contribution is 7.91. The van der Waals surface area contributed by atoms with Gasteiger partial charge in [-0.1, -0.05) is 11.6 Å². The average Bonchev–Trinajstić information content (AvgIpc) is 3.19. The van der Waals surface area contributed by atoms with Crippen LogP contribution in [-0.2, 0) is 16.4 Å². The van der Waals surface area contributed by atoms with Crippen molar-refractivity contribution in [2.24, 2.45) is 0 Å². The van der Waals surface area contributed by atoms with Crippen molar-refractivity contribution >= 4 is 27.3 Å². The molecule has 0 N–H and O–H groups in total. The third-order valence-corrected chi connectivity index (χ3v) is 7.48. The van der Waals surface area contributed by atoms with E-state index in [0.717, 1.165) is 17.0 Å². The van der Waals surface area contributed by atoms with E-state index in [1.165, 1.54) is 14.2 Å². The number of amides is 1. The summed E-state index contributed by atoms with van der Waals surface area (Å²) in [7, 11) is 1.65. The molecule has 1 aliphatic rings. The largest absolute Gasteiger partial charge is 0.493 e. The first kappa shape index (κ1) is 22.4. The number of aromatic nitrogens is 2. The van der Waals surface area contributed by atoms with Crippen molar-refractivity contribution in [3.63, 3.8) is 0 Å². The van der Waals surface area contributed by atoms with Gasteiger partial charge in [-0.05, 0) is 32.4 Å². The molecule has 30 heavy (non-hydrogen) atoms. The Morgan fingerprint density at radius 2 is 2.00 bits per heavy atom. The number of ether oxygens (including phenoxy) is 2. The van der Waals surface area contributed by atoms with Crippen molar-refractivity contribution in [3.05, 3.63) is 39.7 Å². The molecule has 1 fully saturated rings. The molecule has 2 aromatic rings. The first-order valence-electron chi connectivity index (χ1n) is 9.50. The van der Waals surface area contributed by atoms with Gasteiger partial charge in [-0.15, -0.1) is 0 Å². The zero-order valence-corrected chi connectivity index (χ0v) is 19.3. The summed E-state index contributed by atoms with van der Waals surface area (Å²) in [5, 5.41) is 4.85. The standard InChI is InChI=1S/C20H26ClN3O5S/c1-12-16(13(2)24(22-12)15-6-7-30(26,27)11-15)10-23(3)20(25)14-8-17(21)19(29-5)18(9-14)28-4/h8-9,15H,6-7,10-11H2,1-5H3/t15-/m1/s1. The fraction of sp³-hybridized carbons (Fsp3) is 0.500. The first-order chi connectivity index (χ1) is 14.1. The number of nitrogens with zero attached hydrogens (tertiary/aromatic N) is 3. The number of carbonyl (C=O) groups excluding carboxylic acids is 1. The number of benzene rings is 1.